The van der Waals surface area contributed by atoms with Crippen LogP contribution in [0.25, 0.3) is 0 Å². The molecule has 1 heterocycles. The number of anilines is 1. The summed E-state index contributed by atoms with van der Waals surface area (Å²) in [5, 5.41) is 12.3. The van der Waals surface area contributed by atoms with Crippen molar-refractivity contribution in [1.82, 2.24) is 14.8 Å². The summed E-state index contributed by atoms with van der Waals surface area (Å²) in [4.78, 5) is 13.4. The van der Waals surface area contributed by atoms with Crippen LogP contribution in [0, 0.1) is 0 Å². The van der Waals surface area contributed by atoms with Gasteiger partial charge in [0.15, 0.2) is 5.16 Å². The van der Waals surface area contributed by atoms with Crippen molar-refractivity contribution in [3.05, 3.63) is 66.0 Å². The highest BCUT2D eigenvalue weighted by molar-refractivity contribution is 7.99. The fraction of sp³-hybridized carbons (Fsp3) is 0.250. The van der Waals surface area contributed by atoms with Crippen LogP contribution in [0.15, 0.2) is 64.6 Å². The number of thioether (sulfide) groups is 2. The lowest BCUT2D eigenvalue weighted by molar-refractivity contribution is -0.113. The fourth-order valence-electron chi connectivity index (χ4n) is 2.68. The molecule has 0 spiro atoms. The summed E-state index contributed by atoms with van der Waals surface area (Å²) in [7, 11) is 0. The van der Waals surface area contributed by atoms with E-state index in [0.29, 0.717) is 5.75 Å². The van der Waals surface area contributed by atoms with Gasteiger partial charge in [-0.15, -0.1) is 22.0 Å². The molecule has 0 saturated carbocycles. The number of benzene rings is 2. The lowest BCUT2D eigenvalue weighted by Gasteiger charge is -2.08. The van der Waals surface area contributed by atoms with Crippen molar-refractivity contribution in [2.24, 2.45) is 0 Å². The van der Waals surface area contributed by atoms with Gasteiger partial charge in [0.25, 0.3) is 0 Å². The molecule has 7 heteroatoms. The number of nitrogens with zero attached hydrogens (tertiary/aromatic N) is 3. The molecule has 0 radical (unpaired) electrons. The van der Waals surface area contributed by atoms with Gasteiger partial charge in [0.2, 0.25) is 5.91 Å². The van der Waals surface area contributed by atoms with E-state index in [1.807, 2.05) is 48.7 Å². The molecule has 0 atom stereocenters. The molecule has 1 N–H and O–H groups in total. The number of hydrogen-bond donors (Lipinski definition) is 1. The molecular formula is C20H22N4OS2. The third-order valence-corrected chi connectivity index (χ3v) is 5.69. The van der Waals surface area contributed by atoms with E-state index in [2.05, 4.69) is 39.1 Å². The average molecular weight is 399 g/mol. The summed E-state index contributed by atoms with van der Waals surface area (Å²) >= 11 is 3.06. The number of carbonyl (C=O) groups is 1. The first-order chi connectivity index (χ1) is 13.2. The zero-order chi connectivity index (χ0) is 19.1. The second-order valence-corrected chi connectivity index (χ2v) is 7.70. The third-order valence-electron chi connectivity index (χ3n) is 4.00. The van der Waals surface area contributed by atoms with Gasteiger partial charge >= 0.3 is 0 Å². The zero-order valence-corrected chi connectivity index (χ0v) is 17.0. The molecule has 0 aliphatic heterocycles. The summed E-state index contributed by atoms with van der Waals surface area (Å²) in [6.45, 7) is 2.84. The second kappa shape index (κ2) is 9.62. The van der Waals surface area contributed by atoms with E-state index in [1.165, 1.54) is 17.3 Å². The first-order valence-corrected chi connectivity index (χ1v) is 10.9. The van der Waals surface area contributed by atoms with Crippen molar-refractivity contribution in [3.63, 3.8) is 0 Å². The Kier molecular flexibility index (Phi) is 6.95. The fourth-order valence-corrected chi connectivity index (χ4v) is 3.96. The first-order valence-electron chi connectivity index (χ1n) is 8.72. The second-order valence-electron chi connectivity index (χ2n) is 5.87. The van der Waals surface area contributed by atoms with E-state index in [1.54, 1.807) is 11.8 Å². The topological polar surface area (TPSA) is 59.8 Å². The Morgan fingerprint density at radius 2 is 1.93 bits per heavy atom. The van der Waals surface area contributed by atoms with Crippen LogP contribution >= 0.6 is 23.5 Å². The Hall–Kier alpha value is -2.25. The monoisotopic (exact) mass is 398 g/mol. The number of amides is 1. The Morgan fingerprint density at radius 3 is 2.67 bits per heavy atom. The van der Waals surface area contributed by atoms with Crippen molar-refractivity contribution in [2.75, 3.05) is 17.3 Å². The van der Waals surface area contributed by atoms with Gasteiger partial charge in [-0.2, -0.15) is 0 Å². The Morgan fingerprint density at radius 1 is 1.11 bits per heavy atom. The molecule has 0 saturated heterocycles. The van der Waals surface area contributed by atoms with Crippen LogP contribution in [-0.4, -0.2) is 32.7 Å². The van der Waals surface area contributed by atoms with Crippen LogP contribution in [0.3, 0.4) is 0 Å². The van der Waals surface area contributed by atoms with Crippen molar-refractivity contribution in [2.45, 2.75) is 29.9 Å². The minimum atomic E-state index is -0.0477. The van der Waals surface area contributed by atoms with Crippen molar-refractivity contribution >= 4 is 35.1 Å². The number of rotatable bonds is 8. The molecule has 0 aliphatic carbocycles. The summed E-state index contributed by atoms with van der Waals surface area (Å²) in [5.74, 6) is 1.17. The standard InChI is InChI=1S/C20H22N4OS2/c1-3-24-18(12-15-8-5-4-6-9-15)22-23-20(24)27-14-19(25)21-16-10-7-11-17(13-16)26-2/h4-11,13H,3,12,14H2,1-2H3,(H,21,25). The summed E-state index contributed by atoms with van der Waals surface area (Å²) < 4.78 is 2.07. The highest BCUT2D eigenvalue weighted by Crippen LogP contribution is 2.21. The van der Waals surface area contributed by atoms with Gasteiger partial charge in [0, 0.05) is 23.5 Å². The van der Waals surface area contributed by atoms with Crippen LogP contribution in [0.2, 0.25) is 0 Å². The van der Waals surface area contributed by atoms with Crippen LogP contribution in [0.4, 0.5) is 5.69 Å². The molecule has 27 heavy (non-hydrogen) atoms. The van der Waals surface area contributed by atoms with E-state index >= 15 is 0 Å². The maximum Gasteiger partial charge on any atom is 0.234 e. The van der Waals surface area contributed by atoms with Gasteiger partial charge in [0.05, 0.1) is 5.75 Å². The molecule has 2 aromatic carbocycles. The van der Waals surface area contributed by atoms with Crippen LogP contribution in [-0.2, 0) is 17.8 Å². The molecule has 140 valence electrons. The lowest BCUT2D eigenvalue weighted by atomic mass is 10.1. The number of nitrogens with one attached hydrogen (secondary N) is 1. The number of aromatic nitrogens is 3. The quantitative estimate of drug-likeness (QED) is 0.572. The zero-order valence-electron chi connectivity index (χ0n) is 15.4. The minimum absolute atomic E-state index is 0.0477. The van der Waals surface area contributed by atoms with Crippen molar-refractivity contribution in [3.8, 4) is 0 Å². The first kappa shape index (κ1) is 19.5. The molecule has 1 aromatic heterocycles. The van der Waals surface area contributed by atoms with Crippen molar-refractivity contribution < 1.29 is 4.79 Å². The highest BCUT2D eigenvalue weighted by atomic mass is 32.2. The van der Waals surface area contributed by atoms with E-state index in [4.69, 9.17) is 0 Å². The van der Waals surface area contributed by atoms with Gasteiger partial charge in [0.1, 0.15) is 5.82 Å². The van der Waals surface area contributed by atoms with Gasteiger partial charge in [-0.1, -0.05) is 48.2 Å². The maximum absolute atomic E-state index is 12.3. The van der Waals surface area contributed by atoms with E-state index in [9.17, 15) is 4.79 Å². The van der Waals surface area contributed by atoms with Crippen LogP contribution in [0.5, 0.6) is 0 Å². The smallest absolute Gasteiger partial charge is 0.234 e. The van der Waals surface area contributed by atoms with Crippen molar-refractivity contribution in [1.29, 1.82) is 0 Å². The molecule has 0 aliphatic rings. The minimum Gasteiger partial charge on any atom is -0.325 e. The number of hydrogen-bond acceptors (Lipinski definition) is 5. The van der Waals surface area contributed by atoms with Gasteiger partial charge in [-0.25, -0.2) is 0 Å². The number of carbonyl (C=O) groups excluding carboxylic acids is 1. The maximum atomic E-state index is 12.3. The molecule has 1 amide bonds. The molecule has 3 aromatic rings. The predicted octanol–water partition coefficient (Wildman–Crippen LogP) is 4.34. The Balaban J connectivity index is 1.61. The summed E-state index contributed by atoms with van der Waals surface area (Å²) in [6.07, 6.45) is 2.75. The summed E-state index contributed by atoms with van der Waals surface area (Å²) in [6, 6.07) is 18.0. The van der Waals surface area contributed by atoms with Gasteiger partial charge in [-0.05, 0) is 36.9 Å². The van der Waals surface area contributed by atoms with E-state index in [0.717, 1.165) is 34.5 Å². The predicted molar refractivity (Wildman–Crippen MR) is 113 cm³/mol. The molecule has 3 rings (SSSR count). The van der Waals surface area contributed by atoms with Gasteiger partial charge in [-0.3, -0.25) is 4.79 Å². The largest absolute Gasteiger partial charge is 0.325 e. The van der Waals surface area contributed by atoms with Gasteiger partial charge < -0.3 is 9.88 Å². The Bertz CT molecular complexity index is 896. The average Bonchev–Trinajstić information content (AvgIpc) is 3.08. The summed E-state index contributed by atoms with van der Waals surface area (Å²) in [5.41, 5.74) is 2.01. The van der Waals surface area contributed by atoms with E-state index < -0.39 is 0 Å². The van der Waals surface area contributed by atoms with E-state index in [-0.39, 0.29) is 5.91 Å². The molecule has 0 unspecified atom stereocenters. The van der Waals surface area contributed by atoms with Crippen LogP contribution in [0.1, 0.15) is 18.3 Å². The SMILES string of the molecule is CCn1c(Cc2ccccc2)nnc1SCC(=O)Nc1cccc(SC)c1. The molecular weight excluding hydrogens is 376 g/mol. The third kappa shape index (κ3) is 5.37. The molecule has 0 fully saturated rings. The molecule has 5 nitrogen and oxygen atoms in total. The Labute approximate surface area is 168 Å². The van der Waals surface area contributed by atoms with Crippen LogP contribution < -0.4 is 5.32 Å². The molecule has 0 bridgehead atoms. The lowest BCUT2D eigenvalue weighted by Crippen LogP contribution is -2.14. The highest BCUT2D eigenvalue weighted by Gasteiger charge is 2.13. The normalized spacial score (nSPS) is 10.7.